The first-order valence-electron chi connectivity index (χ1n) is 7.07. The molecule has 0 bridgehead atoms. The molecule has 0 spiro atoms. The van der Waals surface area contributed by atoms with E-state index in [9.17, 15) is 9.59 Å². The van der Waals surface area contributed by atoms with Gasteiger partial charge in [0.1, 0.15) is 19.3 Å². The Bertz CT molecular complexity index is 585. The van der Waals surface area contributed by atoms with Gasteiger partial charge in [-0.25, -0.2) is 0 Å². The highest BCUT2D eigenvalue weighted by Crippen LogP contribution is 2.35. The third-order valence-corrected chi connectivity index (χ3v) is 3.66. The predicted molar refractivity (Wildman–Crippen MR) is 76.6 cm³/mol. The largest absolute Gasteiger partial charge is 0.486 e. The Hall–Kier alpha value is -2.24. The van der Waals surface area contributed by atoms with E-state index in [2.05, 4.69) is 5.32 Å². The molecule has 0 aliphatic carbocycles. The SMILES string of the molecule is CC(C)C1C(=O)NCC(=O)N1c1ccc2c(c1)OCCO2. The number of carbonyl (C=O) groups is 2. The van der Waals surface area contributed by atoms with Crippen LogP contribution in [0, 0.1) is 5.92 Å². The third-order valence-electron chi connectivity index (χ3n) is 3.66. The lowest BCUT2D eigenvalue weighted by molar-refractivity contribution is -0.131. The molecule has 6 nitrogen and oxygen atoms in total. The number of hydrogen-bond donors (Lipinski definition) is 1. The van der Waals surface area contributed by atoms with Gasteiger partial charge in [0, 0.05) is 11.8 Å². The van der Waals surface area contributed by atoms with Crippen molar-refractivity contribution in [1.29, 1.82) is 0 Å². The minimum Gasteiger partial charge on any atom is -0.486 e. The van der Waals surface area contributed by atoms with Gasteiger partial charge in [0.2, 0.25) is 11.8 Å². The van der Waals surface area contributed by atoms with Crippen molar-refractivity contribution in [3.63, 3.8) is 0 Å². The van der Waals surface area contributed by atoms with Crippen LogP contribution in [-0.4, -0.2) is 37.6 Å². The van der Waals surface area contributed by atoms with Crippen LogP contribution < -0.4 is 19.7 Å². The van der Waals surface area contributed by atoms with Crippen LogP contribution >= 0.6 is 0 Å². The molecule has 0 radical (unpaired) electrons. The Balaban J connectivity index is 1.99. The van der Waals surface area contributed by atoms with Gasteiger partial charge in [-0.1, -0.05) is 13.8 Å². The molecule has 0 saturated carbocycles. The molecule has 2 amide bonds. The molecule has 0 aromatic heterocycles. The van der Waals surface area contributed by atoms with Gasteiger partial charge < -0.3 is 14.8 Å². The Kier molecular flexibility index (Phi) is 3.45. The number of anilines is 1. The number of rotatable bonds is 2. The maximum atomic E-state index is 12.3. The van der Waals surface area contributed by atoms with E-state index in [0.29, 0.717) is 30.4 Å². The lowest BCUT2D eigenvalue weighted by Gasteiger charge is -2.37. The van der Waals surface area contributed by atoms with Crippen LogP contribution in [-0.2, 0) is 9.59 Å². The van der Waals surface area contributed by atoms with E-state index in [4.69, 9.17) is 9.47 Å². The molecule has 1 atom stereocenters. The Morgan fingerprint density at radius 1 is 1.19 bits per heavy atom. The van der Waals surface area contributed by atoms with Gasteiger partial charge in [-0.15, -0.1) is 0 Å². The summed E-state index contributed by atoms with van der Waals surface area (Å²) in [5, 5.41) is 2.64. The highest BCUT2D eigenvalue weighted by Gasteiger charge is 2.37. The molecule has 1 N–H and O–H groups in total. The lowest BCUT2D eigenvalue weighted by Crippen LogP contribution is -2.60. The van der Waals surface area contributed by atoms with Gasteiger partial charge >= 0.3 is 0 Å². The Morgan fingerprint density at radius 2 is 1.90 bits per heavy atom. The first-order chi connectivity index (χ1) is 10.1. The zero-order valence-corrected chi connectivity index (χ0v) is 12.1. The first kappa shape index (κ1) is 13.7. The molecule has 1 fully saturated rings. The molecule has 2 heterocycles. The van der Waals surface area contributed by atoms with Gasteiger partial charge in [-0.3, -0.25) is 14.5 Å². The second-order valence-corrected chi connectivity index (χ2v) is 5.50. The van der Waals surface area contributed by atoms with Crippen LogP contribution in [0.1, 0.15) is 13.8 Å². The van der Waals surface area contributed by atoms with Crippen molar-refractivity contribution in [2.24, 2.45) is 5.92 Å². The summed E-state index contributed by atoms with van der Waals surface area (Å²) in [7, 11) is 0. The molecule has 112 valence electrons. The highest BCUT2D eigenvalue weighted by atomic mass is 16.6. The van der Waals surface area contributed by atoms with Crippen LogP contribution in [0.5, 0.6) is 11.5 Å². The van der Waals surface area contributed by atoms with E-state index in [1.165, 1.54) is 0 Å². The summed E-state index contributed by atoms with van der Waals surface area (Å²) in [6, 6.07) is 4.83. The fourth-order valence-corrected chi connectivity index (χ4v) is 2.71. The van der Waals surface area contributed by atoms with Crippen LogP contribution in [0.2, 0.25) is 0 Å². The lowest BCUT2D eigenvalue weighted by atomic mass is 9.98. The molecular formula is C15H18N2O4. The average molecular weight is 290 g/mol. The third kappa shape index (κ3) is 2.41. The van der Waals surface area contributed by atoms with Crippen molar-refractivity contribution in [2.75, 3.05) is 24.7 Å². The average Bonchev–Trinajstić information content (AvgIpc) is 2.48. The number of hydrogen-bond acceptors (Lipinski definition) is 4. The maximum absolute atomic E-state index is 12.3. The first-order valence-corrected chi connectivity index (χ1v) is 7.07. The summed E-state index contributed by atoms with van der Waals surface area (Å²) in [5.41, 5.74) is 0.665. The number of benzene rings is 1. The molecule has 1 aromatic rings. The molecule has 2 aliphatic heterocycles. The molecule has 6 heteroatoms. The van der Waals surface area contributed by atoms with Crippen molar-refractivity contribution in [2.45, 2.75) is 19.9 Å². The normalized spacial score (nSPS) is 21.5. The maximum Gasteiger partial charge on any atom is 0.247 e. The van der Waals surface area contributed by atoms with Gasteiger partial charge in [0.05, 0.1) is 6.54 Å². The van der Waals surface area contributed by atoms with Crippen LogP contribution in [0.4, 0.5) is 5.69 Å². The van der Waals surface area contributed by atoms with E-state index < -0.39 is 6.04 Å². The summed E-state index contributed by atoms with van der Waals surface area (Å²) in [5.74, 6) is 1.05. The fourth-order valence-electron chi connectivity index (χ4n) is 2.71. The van der Waals surface area contributed by atoms with Crippen LogP contribution in [0.25, 0.3) is 0 Å². The molecule has 1 unspecified atom stereocenters. The topological polar surface area (TPSA) is 67.9 Å². The molecule has 3 rings (SSSR count). The van der Waals surface area contributed by atoms with E-state index in [0.717, 1.165) is 0 Å². The summed E-state index contributed by atoms with van der Waals surface area (Å²) in [6.45, 7) is 4.88. The smallest absolute Gasteiger partial charge is 0.247 e. The molecule has 2 aliphatic rings. The number of nitrogens with zero attached hydrogens (tertiary/aromatic N) is 1. The van der Waals surface area contributed by atoms with Crippen molar-refractivity contribution in [3.05, 3.63) is 18.2 Å². The number of amides is 2. The van der Waals surface area contributed by atoms with Gasteiger partial charge in [-0.05, 0) is 18.1 Å². The van der Waals surface area contributed by atoms with Crippen molar-refractivity contribution in [1.82, 2.24) is 5.32 Å². The second kappa shape index (κ2) is 5.27. The number of fused-ring (bicyclic) bond motifs is 1. The van der Waals surface area contributed by atoms with Gasteiger partial charge in [0.25, 0.3) is 0 Å². The van der Waals surface area contributed by atoms with Gasteiger partial charge in [-0.2, -0.15) is 0 Å². The summed E-state index contributed by atoms with van der Waals surface area (Å²) < 4.78 is 11.0. The number of piperazine rings is 1. The summed E-state index contributed by atoms with van der Waals surface area (Å²) >= 11 is 0. The van der Waals surface area contributed by atoms with E-state index in [-0.39, 0.29) is 24.3 Å². The Morgan fingerprint density at radius 3 is 2.62 bits per heavy atom. The molecular weight excluding hydrogens is 272 g/mol. The minimum absolute atomic E-state index is 0.0162. The van der Waals surface area contributed by atoms with E-state index in [1.54, 1.807) is 23.1 Å². The number of nitrogens with one attached hydrogen (secondary N) is 1. The van der Waals surface area contributed by atoms with Crippen LogP contribution in [0.15, 0.2) is 18.2 Å². The predicted octanol–water partition coefficient (Wildman–Crippen LogP) is 0.945. The quantitative estimate of drug-likeness (QED) is 0.880. The van der Waals surface area contributed by atoms with E-state index >= 15 is 0 Å². The monoisotopic (exact) mass is 290 g/mol. The molecule has 1 aromatic carbocycles. The van der Waals surface area contributed by atoms with Gasteiger partial charge in [0.15, 0.2) is 11.5 Å². The highest BCUT2D eigenvalue weighted by molar-refractivity contribution is 6.06. The zero-order chi connectivity index (χ0) is 15.0. The Labute approximate surface area is 123 Å². The fraction of sp³-hybridized carbons (Fsp3) is 0.467. The minimum atomic E-state index is -0.506. The second-order valence-electron chi connectivity index (χ2n) is 5.50. The standard InChI is InChI=1S/C15H18N2O4/c1-9(2)14-15(19)16-8-13(18)17(14)10-3-4-11-12(7-10)21-6-5-20-11/h3-4,7,9,14H,5-6,8H2,1-2H3,(H,16,19). The molecule has 1 saturated heterocycles. The zero-order valence-electron chi connectivity index (χ0n) is 12.1. The number of carbonyl (C=O) groups excluding carboxylic acids is 2. The molecule has 21 heavy (non-hydrogen) atoms. The number of ether oxygens (including phenoxy) is 2. The van der Waals surface area contributed by atoms with Crippen molar-refractivity contribution in [3.8, 4) is 11.5 Å². The van der Waals surface area contributed by atoms with Crippen molar-refractivity contribution >= 4 is 17.5 Å². The summed E-state index contributed by atoms with van der Waals surface area (Å²) in [4.78, 5) is 25.9. The van der Waals surface area contributed by atoms with E-state index in [1.807, 2.05) is 13.8 Å². The summed E-state index contributed by atoms with van der Waals surface area (Å²) in [6.07, 6.45) is 0. The van der Waals surface area contributed by atoms with Crippen LogP contribution in [0.3, 0.4) is 0 Å². The van der Waals surface area contributed by atoms with Crippen molar-refractivity contribution < 1.29 is 19.1 Å².